The Hall–Kier alpha value is 0.200. The van der Waals surface area contributed by atoms with Gasteiger partial charge >= 0.3 is 0 Å². The van der Waals surface area contributed by atoms with Gasteiger partial charge in [-0.2, -0.15) is 0 Å². The van der Waals surface area contributed by atoms with Crippen LogP contribution in [0.4, 0.5) is 0 Å². The second kappa shape index (κ2) is 9.16. The molecule has 0 bridgehead atoms. The molecule has 18 heavy (non-hydrogen) atoms. The average molecular weight is 356 g/mol. The van der Waals surface area contributed by atoms with Crippen molar-refractivity contribution in [2.75, 3.05) is 0 Å². The minimum Gasteiger partial charge on any atom is -0.328 e. The topological polar surface area (TPSA) is 38.0 Å². The number of benzene rings is 1. The van der Waals surface area contributed by atoms with Crippen LogP contribution in [0.5, 0.6) is 0 Å². The van der Waals surface area contributed by atoms with E-state index in [1.165, 1.54) is 18.4 Å². The highest BCUT2D eigenvalue weighted by molar-refractivity contribution is 9.10. The molecule has 1 aliphatic carbocycles. The molecule has 1 fully saturated rings. The van der Waals surface area contributed by atoms with Crippen LogP contribution in [0.15, 0.2) is 28.7 Å². The Kier molecular flexibility index (Phi) is 9.26. The van der Waals surface area contributed by atoms with Gasteiger partial charge in [-0.1, -0.05) is 28.1 Å². The van der Waals surface area contributed by atoms with Gasteiger partial charge < -0.3 is 11.1 Å². The van der Waals surface area contributed by atoms with Gasteiger partial charge in [0.1, 0.15) is 0 Å². The summed E-state index contributed by atoms with van der Waals surface area (Å²) < 4.78 is 1.14. The van der Waals surface area contributed by atoms with Gasteiger partial charge in [0.25, 0.3) is 0 Å². The Morgan fingerprint density at radius 2 is 1.61 bits per heavy atom. The summed E-state index contributed by atoms with van der Waals surface area (Å²) in [5.74, 6) is 0. The average Bonchev–Trinajstić information content (AvgIpc) is 2.30. The molecule has 5 heteroatoms. The minimum absolute atomic E-state index is 0. The number of nitrogens with two attached hydrogens (primary N) is 1. The van der Waals surface area contributed by atoms with Gasteiger partial charge in [-0.25, -0.2) is 0 Å². The second-order valence-corrected chi connectivity index (χ2v) is 5.53. The summed E-state index contributed by atoms with van der Waals surface area (Å²) in [5, 5.41) is 3.61. The normalized spacial score (nSPS) is 22.8. The molecule has 0 atom stereocenters. The number of hydrogen-bond acceptors (Lipinski definition) is 2. The highest BCUT2D eigenvalue weighted by atomic mass is 79.9. The Morgan fingerprint density at radius 3 is 2.17 bits per heavy atom. The van der Waals surface area contributed by atoms with Crippen molar-refractivity contribution in [3.63, 3.8) is 0 Å². The predicted octanol–water partition coefficient (Wildman–Crippen LogP) is 3.65. The van der Waals surface area contributed by atoms with E-state index in [0.717, 1.165) is 23.9 Å². The fraction of sp³-hybridized carbons (Fsp3) is 0.538. The van der Waals surface area contributed by atoms with Gasteiger partial charge in [-0.15, -0.1) is 24.8 Å². The van der Waals surface area contributed by atoms with Crippen LogP contribution in [-0.2, 0) is 6.54 Å². The molecule has 1 aliphatic rings. The highest BCUT2D eigenvalue weighted by Crippen LogP contribution is 2.17. The molecule has 3 N–H and O–H groups in total. The SMILES string of the molecule is Cl.Cl.NC1CCC(NCc2ccc(Br)cc2)CC1. The molecular weight excluding hydrogens is 335 g/mol. The lowest BCUT2D eigenvalue weighted by Gasteiger charge is -2.26. The predicted molar refractivity (Wildman–Crippen MR) is 85.7 cm³/mol. The third kappa shape index (κ3) is 5.89. The van der Waals surface area contributed by atoms with Crippen LogP contribution in [0.25, 0.3) is 0 Å². The first-order chi connectivity index (χ1) is 7.74. The van der Waals surface area contributed by atoms with Crippen molar-refractivity contribution < 1.29 is 0 Å². The van der Waals surface area contributed by atoms with Gasteiger partial charge in [0.15, 0.2) is 0 Å². The van der Waals surface area contributed by atoms with Gasteiger partial charge in [0.2, 0.25) is 0 Å². The molecule has 1 aromatic carbocycles. The standard InChI is InChI=1S/C13H19BrN2.2ClH/c14-11-3-1-10(2-4-11)9-16-13-7-5-12(15)6-8-13;;/h1-4,12-13,16H,5-9,15H2;2*1H. The van der Waals surface area contributed by atoms with Crippen molar-refractivity contribution in [1.29, 1.82) is 0 Å². The zero-order valence-corrected chi connectivity index (χ0v) is 13.5. The number of halogens is 3. The van der Waals surface area contributed by atoms with Crippen LogP contribution < -0.4 is 11.1 Å². The molecule has 1 aromatic rings. The summed E-state index contributed by atoms with van der Waals surface area (Å²) in [4.78, 5) is 0. The lowest BCUT2D eigenvalue weighted by Crippen LogP contribution is -2.36. The zero-order chi connectivity index (χ0) is 11.4. The summed E-state index contributed by atoms with van der Waals surface area (Å²) in [7, 11) is 0. The summed E-state index contributed by atoms with van der Waals surface area (Å²) in [6.07, 6.45) is 4.77. The molecule has 2 nitrogen and oxygen atoms in total. The van der Waals surface area contributed by atoms with Crippen LogP contribution in [0.2, 0.25) is 0 Å². The summed E-state index contributed by atoms with van der Waals surface area (Å²) >= 11 is 3.45. The quantitative estimate of drug-likeness (QED) is 0.868. The van der Waals surface area contributed by atoms with Crippen molar-refractivity contribution in [3.8, 4) is 0 Å². The Bertz CT molecular complexity index is 324. The first kappa shape index (κ1) is 18.2. The van der Waals surface area contributed by atoms with E-state index in [2.05, 4.69) is 45.5 Å². The van der Waals surface area contributed by atoms with Crippen LogP contribution in [0.1, 0.15) is 31.2 Å². The second-order valence-electron chi connectivity index (χ2n) is 4.62. The van der Waals surface area contributed by atoms with E-state index in [-0.39, 0.29) is 24.8 Å². The summed E-state index contributed by atoms with van der Waals surface area (Å²) in [6.45, 7) is 0.965. The molecule has 0 spiro atoms. The smallest absolute Gasteiger partial charge is 0.0208 e. The van der Waals surface area contributed by atoms with Crippen LogP contribution in [0.3, 0.4) is 0 Å². The van der Waals surface area contributed by atoms with Crippen molar-refractivity contribution in [2.24, 2.45) is 5.73 Å². The molecule has 0 radical (unpaired) electrons. The van der Waals surface area contributed by atoms with E-state index in [0.29, 0.717) is 12.1 Å². The van der Waals surface area contributed by atoms with E-state index in [1.54, 1.807) is 0 Å². The molecule has 0 saturated heterocycles. The Balaban J connectivity index is 0.00000144. The molecular formula is C13H21BrCl2N2. The maximum Gasteiger partial charge on any atom is 0.0208 e. The summed E-state index contributed by atoms with van der Waals surface area (Å²) in [5.41, 5.74) is 7.23. The van der Waals surface area contributed by atoms with E-state index in [1.807, 2.05) is 0 Å². The monoisotopic (exact) mass is 354 g/mol. The molecule has 104 valence electrons. The van der Waals surface area contributed by atoms with E-state index in [4.69, 9.17) is 5.73 Å². The Morgan fingerprint density at radius 1 is 1.06 bits per heavy atom. The Labute approximate surface area is 130 Å². The molecule has 1 saturated carbocycles. The number of nitrogens with one attached hydrogen (secondary N) is 1. The van der Waals surface area contributed by atoms with Gasteiger partial charge in [-0.3, -0.25) is 0 Å². The van der Waals surface area contributed by atoms with Crippen molar-refractivity contribution in [2.45, 2.75) is 44.3 Å². The molecule has 0 aliphatic heterocycles. The van der Waals surface area contributed by atoms with Crippen molar-refractivity contribution in [3.05, 3.63) is 34.3 Å². The maximum absolute atomic E-state index is 5.89. The van der Waals surface area contributed by atoms with Gasteiger partial charge in [0.05, 0.1) is 0 Å². The van der Waals surface area contributed by atoms with Gasteiger partial charge in [-0.05, 0) is 43.4 Å². The van der Waals surface area contributed by atoms with Crippen molar-refractivity contribution in [1.82, 2.24) is 5.32 Å². The lowest BCUT2D eigenvalue weighted by molar-refractivity contribution is 0.342. The molecule has 0 amide bonds. The first-order valence-corrected chi connectivity index (χ1v) is 6.77. The number of hydrogen-bond donors (Lipinski definition) is 2. The fourth-order valence-corrected chi connectivity index (χ4v) is 2.45. The number of rotatable bonds is 3. The van der Waals surface area contributed by atoms with E-state index < -0.39 is 0 Å². The molecule has 0 heterocycles. The first-order valence-electron chi connectivity index (χ1n) is 5.97. The fourth-order valence-electron chi connectivity index (χ4n) is 2.19. The highest BCUT2D eigenvalue weighted by Gasteiger charge is 2.17. The van der Waals surface area contributed by atoms with E-state index >= 15 is 0 Å². The van der Waals surface area contributed by atoms with Crippen molar-refractivity contribution >= 4 is 40.7 Å². The maximum atomic E-state index is 5.89. The lowest BCUT2D eigenvalue weighted by atomic mass is 9.92. The van der Waals surface area contributed by atoms with E-state index in [9.17, 15) is 0 Å². The third-order valence-electron chi connectivity index (χ3n) is 3.28. The van der Waals surface area contributed by atoms with Crippen LogP contribution in [-0.4, -0.2) is 12.1 Å². The van der Waals surface area contributed by atoms with Gasteiger partial charge in [0, 0.05) is 23.1 Å². The van der Waals surface area contributed by atoms with Crippen LogP contribution in [0, 0.1) is 0 Å². The zero-order valence-electron chi connectivity index (χ0n) is 10.3. The molecule has 0 unspecified atom stereocenters. The molecule has 2 rings (SSSR count). The minimum atomic E-state index is 0. The summed E-state index contributed by atoms with van der Waals surface area (Å²) in [6, 6.07) is 9.59. The molecule has 0 aromatic heterocycles. The third-order valence-corrected chi connectivity index (χ3v) is 3.81. The van der Waals surface area contributed by atoms with Crippen LogP contribution >= 0.6 is 40.7 Å². The largest absolute Gasteiger partial charge is 0.328 e.